The molecule has 8 nitrogen and oxygen atoms in total. The lowest BCUT2D eigenvalue weighted by atomic mass is 10.1. The Balaban J connectivity index is 1.41. The lowest BCUT2D eigenvalue weighted by molar-refractivity contribution is 0.313. The Labute approximate surface area is 191 Å². The first-order chi connectivity index (χ1) is 16.1. The van der Waals surface area contributed by atoms with Crippen molar-refractivity contribution in [1.29, 1.82) is 0 Å². The molecule has 4 aromatic rings. The summed E-state index contributed by atoms with van der Waals surface area (Å²) in [6.45, 7) is 5.53. The van der Waals surface area contributed by atoms with Crippen molar-refractivity contribution >= 4 is 39.7 Å². The molecule has 0 amide bonds. The smallest absolute Gasteiger partial charge is 0.229 e. The lowest BCUT2D eigenvalue weighted by Crippen LogP contribution is -2.44. The maximum Gasteiger partial charge on any atom is 0.229 e. The van der Waals surface area contributed by atoms with Crippen molar-refractivity contribution in [2.45, 2.75) is 6.92 Å². The van der Waals surface area contributed by atoms with Gasteiger partial charge >= 0.3 is 0 Å². The van der Waals surface area contributed by atoms with E-state index in [0.29, 0.717) is 11.8 Å². The zero-order valence-electron chi connectivity index (χ0n) is 18.6. The van der Waals surface area contributed by atoms with E-state index in [-0.39, 0.29) is 5.82 Å². The van der Waals surface area contributed by atoms with E-state index in [1.807, 2.05) is 25.1 Å². The van der Waals surface area contributed by atoms with Gasteiger partial charge in [-0.15, -0.1) is 0 Å². The molecule has 9 heteroatoms. The highest BCUT2D eigenvalue weighted by Crippen LogP contribution is 2.30. The van der Waals surface area contributed by atoms with E-state index in [1.54, 1.807) is 30.6 Å². The number of aryl methyl sites for hydroxylation is 1. The number of halogens is 1. The van der Waals surface area contributed by atoms with Crippen LogP contribution in [-0.4, -0.2) is 58.3 Å². The third-order valence-electron chi connectivity index (χ3n) is 5.84. The van der Waals surface area contributed by atoms with Crippen LogP contribution in [0.25, 0.3) is 10.9 Å². The number of nitrogens with zero attached hydrogens (tertiary/aromatic N) is 6. The van der Waals surface area contributed by atoms with Gasteiger partial charge in [-0.25, -0.2) is 9.37 Å². The molecule has 1 fully saturated rings. The van der Waals surface area contributed by atoms with Crippen LogP contribution in [0.1, 0.15) is 5.56 Å². The fourth-order valence-electron chi connectivity index (χ4n) is 3.99. The first-order valence-electron chi connectivity index (χ1n) is 10.9. The van der Waals surface area contributed by atoms with Crippen molar-refractivity contribution in [2.75, 3.05) is 48.8 Å². The quantitative estimate of drug-likeness (QED) is 0.476. The Morgan fingerprint density at radius 3 is 2.67 bits per heavy atom. The van der Waals surface area contributed by atoms with E-state index in [9.17, 15) is 4.39 Å². The number of benzene rings is 2. The molecule has 0 atom stereocenters. The molecule has 2 aromatic heterocycles. The van der Waals surface area contributed by atoms with Crippen LogP contribution in [0.4, 0.5) is 33.2 Å². The van der Waals surface area contributed by atoms with E-state index >= 15 is 0 Å². The zero-order valence-corrected chi connectivity index (χ0v) is 18.6. The minimum absolute atomic E-state index is 0.266. The van der Waals surface area contributed by atoms with E-state index in [4.69, 9.17) is 0 Å². The van der Waals surface area contributed by atoms with Crippen LogP contribution in [0.5, 0.6) is 0 Å². The van der Waals surface area contributed by atoms with Crippen molar-refractivity contribution in [3.63, 3.8) is 0 Å². The highest BCUT2D eigenvalue weighted by molar-refractivity contribution is 5.93. The molecule has 1 saturated heterocycles. The van der Waals surface area contributed by atoms with Gasteiger partial charge in [0.1, 0.15) is 11.6 Å². The summed E-state index contributed by atoms with van der Waals surface area (Å²) in [4.78, 5) is 13.4. The number of fused-ring (bicyclic) bond motifs is 1. The fourth-order valence-corrected chi connectivity index (χ4v) is 3.99. The van der Waals surface area contributed by atoms with E-state index in [1.165, 1.54) is 6.07 Å². The van der Waals surface area contributed by atoms with Crippen molar-refractivity contribution in [3.8, 4) is 0 Å². The third-order valence-corrected chi connectivity index (χ3v) is 5.84. The van der Waals surface area contributed by atoms with Crippen molar-refractivity contribution < 1.29 is 4.39 Å². The third kappa shape index (κ3) is 4.54. The maximum absolute atomic E-state index is 14.1. The number of hydrogen-bond donors (Lipinski definition) is 2. The van der Waals surface area contributed by atoms with Crippen molar-refractivity contribution in [1.82, 2.24) is 25.1 Å². The topological polar surface area (TPSA) is 82.1 Å². The van der Waals surface area contributed by atoms with Crippen LogP contribution in [0.2, 0.25) is 0 Å². The molecule has 0 saturated carbocycles. The van der Waals surface area contributed by atoms with Gasteiger partial charge in [-0.2, -0.15) is 15.2 Å². The predicted octanol–water partition coefficient (Wildman–Crippen LogP) is 4.11. The first kappa shape index (κ1) is 21.0. The minimum Gasteiger partial charge on any atom is -0.367 e. The molecule has 5 rings (SSSR count). The molecule has 1 aliphatic heterocycles. The Hall–Kier alpha value is -3.85. The Bertz CT molecular complexity index is 1290. The van der Waals surface area contributed by atoms with Gasteiger partial charge < -0.3 is 20.4 Å². The second kappa shape index (κ2) is 8.95. The van der Waals surface area contributed by atoms with Crippen LogP contribution < -0.4 is 15.5 Å². The Kier molecular flexibility index (Phi) is 5.70. The molecule has 168 valence electrons. The molecule has 3 heterocycles. The van der Waals surface area contributed by atoms with Gasteiger partial charge in [-0.3, -0.25) is 0 Å². The summed E-state index contributed by atoms with van der Waals surface area (Å²) in [7, 11) is 2.09. The fraction of sp³-hybridized carbons (Fsp3) is 0.250. The summed E-state index contributed by atoms with van der Waals surface area (Å²) >= 11 is 0. The molecular weight excluding hydrogens is 419 g/mol. The number of piperazine rings is 1. The molecule has 33 heavy (non-hydrogen) atoms. The second-order valence-corrected chi connectivity index (χ2v) is 8.20. The van der Waals surface area contributed by atoms with Crippen LogP contribution in [0.15, 0.2) is 54.9 Å². The largest absolute Gasteiger partial charge is 0.367 e. The Morgan fingerprint density at radius 1 is 0.970 bits per heavy atom. The van der Waals surface area contributed by atoms with Gasteiger partial charge in [0, 0.05) is 37.8 Å². The number of nitrogens with one attached hydrogen (secondary N) is 2. The summed E-state index contributed by atoms with van der Waals surface area (Å²) < 4.78 is 14.1. The van der Waals surface area contributed by atoms with Gasteiger partial charge in [-0.1, -0.05) is 18.2 Å². The number of likely N-dealkylation sites (N-methyl/N-ethyl adjacent to an activating group) is 1. The average molecular weight is 445 g/mol. The number of aromatic nitrogens is 4. The summed E-state index contributed by atoms with van der Waals surface area (Å²) in [5, 5.41) is 15.9. The SMILES string of the molecule is Cc1cccc2c(Nc3ccnc(Nc4ccc(F)cc4N4CCN(C)CC4)n3)cnnc12. The molecule has 0 aliphatic carbocycles. The van der Waals surface area contributed by atoms with Gasteiger partial charge in [0.15, 0.2) is 0 Å². The molecule has 0 spiro atoms. The van der Waals surface area contributed by atoms with Gasteiger partial charge in [0.05, 0.1) is 28.8 Å². The zero-order chi connectivity index (χ0) is 22.8. The Morgan fingerprint density at radius 2 is 1.82 bits per heavy atom. The average Bonchev–Trinajstić information content (AvgIpc) is 2.82. The lowest BCUT2D eigenvalue weighted by Gasteiger charge is -2.35. The highest BCUT2D eigenvalue weighted by Gasteiger charge is 2.18. The van der Waals surface area contributed by atoms with Crippen molar-refractivity contribution in [3.05, 3.63) is 66.2 Å². The minimum atomic E-state index is -0.266. The van der Waals surface area contributed by atoms with Crippen LogP contribution >= 0.6 is 0 Å². The summed E-state index contributed by atoms with van der Waals surface area (Å²) in [6.07, 6.45) is 3.36. The van der Waals surface area contributed by atoms with Crippen LogP contribution in [0.3, 0.4) is 0 Å². The van der Waals surface area contributed by atoms with Crippen LogP contribution in [0, 0.1) is 12.7 Å². The molecule has 2 N–H and O–H groups in total. The van der Waals surface area contributed by atoms with E-state index in [0.717, 1.165) is 59.7 Å². The predicted molar refractivity (Wildman–Crippen MR) is 129 cm³/mol. The number of rotatable bonds is 5. The molecule has 1 aliphatic rings. The van der Waals surface area contributed by atoms with Crippen molar-refractivity contribution in [2.24, 2.45) is 0 Å². The summed E-state index contributed by atoms with van der Waals surface area (Å²) in [6, 6.07) is 12.5. The van der Waals surface area contributed by atoms with Gasteiger partial charge in [-0.05, 0) is 43.8 Å². The monoisotopic (exact) mass is 444 g/mol. The molecule has 0 unspecified atom stereocenters. The molecule has 0 radical (unpaired) electrons. The second-order valence-electron chi connectivity index (χ2n) is 8.20. The van der Waals surface area contributed by atoms with Gasteiger partial charge in [0.25, 0.3) is 0 Å². The molecule has 0 bridgehead atoms. The summed E-state index contributed by atoms with van der Waals surface area (Å²) in [5.74, 6) is 0.772. The normalized spacial score (nSPS) is 14.5. The first-order valence-corrected chi connectivity index (χ1v) is 10.9. The van der Waals surface area contributed by atoms with Crippen LogP contribution in [-0.2, 0) is 0 Å². The standard InChI is InChI=1S/C24H25FN8/c1-16-4-3-5-18-20(15-27-31-23(16)18)28-22-8-9-26-24(30-22)29-19-7-6-17(25)14-21(19)33-12-10-32(2)11-13-33/h3-9,14-15H,10-13H2,1-2H3,(H2,26,28,29,30,31). The number of hydrogen-bond acceptors (Lipinski definition) is 8. The van der Waals surface area contributed by atoms with E-state index in [2.05, 4.69) is 47.6 Å². The maximum atomic E-state index is 14.1. The summed E-state index contributed by atoms with van der Waals surface area (Å²) in [5.41, 5.74) is 4.29. The molecule has 2 aromatic carbocycles. The molecular formula is C24H25FN8. The highest BCUT2D eigenvalue weighted by atomic mass is 19.1. The van der Waals surface area contributed by atoms with Gasteiger partial charge in [0.2, 0.25) is 5.95 Å². The van der Waals surface area contributed by atoms with E-state index < -0.39 is 0 Å². The number of anilines is 5.